The Kier molecular flexibility index (Phi) is 5.49. The van der Waals surface area contributed by atoms with Gasteiger partial charge >= 0.3 is 0 Å². The van der Waals surface area contributed by atoms with E-state index in [1.54, 1.807) is 0 Å². The number of amides is 2. The highest BCUT2D eigenvalue weighted by molar-refractivity contribution is 7.16. The molecule has 3 N–H and O–H groups in total. The molecule has 0 fully saturated rings. The van der Waals surface area contributed by atoms with E-state index in [2.05, 4.69) is 36.5 Å². The van der Waals surface area contributed by atoms with Crippen molar-refractivity contribution in [2.24, 2.45) is 5.73 Å². The van der Waals surface area contributed by atoms with Crippen LogP contribution in [0.2, 0.25) is 0 Å². The maximum Gasteiger partial charge on any atom is 0.251 e. The summed E-state index contributed by atoms with van der Waals surface area (Å²) >= 11 is 1.43. The van der Waals surface area contributed by atoms with E-state index in [0.29, 0.717) is 17.0 Å². The van der Waals surface area contributed by atoms with Crippen molar-refractivity contribution < 1.29 is 9.59 Å². The van der Waals surface area contributed by atoms with Gasteiger partial charge in [-0.05, 0) is 41.5 Å². The first-order valence-electron chi connectivity index (χ1n) is 9.89. The van der Waals surface area contributed by atoms with Crippen LogP contribution in [0.3, 0.4) is 0 Å². The molecule has 2 unspecified atom stereocenters. The summed E-state index contributed by atoms with van der Waals surface area (Å²) in [4.78, 5) is 25.7. The van der Waals surface area contributed by atoms with Gasteiger partial charge in [0.15, 0.2) is 0 Å². The molecule has 4 nitrogen and oxygen atoms in total. The summed E-state index contributed by atoms with van der Waals surface area (Å²) in [6.45, 7) is 2.09. The molecule has 1 heterocycles. The summed E-state index contributed by atoms with van der Waals surface area (Å²) < 4.78 is 0. The number of hydrogen-bond donors (Lipinski definition) is 2. The molecule has 2 aromatic carbocycles. The normalized spacial score (nSPS) is 16.2. The van der Waals surface area contributed by atoms with Gasteiger partial charge in [-0.15, -0.1) is 11.3 Å². The van der Waals surface area contributed by atoms with Crippen LogP contribution in [0, 0.1) is 0 Å². The summed E-state index contributed by atoms with van der Waals surface area (Å²) in [6, 6.07) is 20.2. The quantitative estimate of drug-likeness (QED) is 0.603. The number of fused-ring (bicyclic) bond motifs is 1. The second-order valence-electron chi connectivity index (χ2n) is 7.57. The molecule has 29 heavy (non-hydrogen) atoms. The smallest absolute Gasteiger partial charge is 0.251 e. The number of anilines is 1. The minimum atomic E-state index is -0.519. The molecule has 2 amide bonds. The lowest BCUT2D eigenvalue weighted by Gasteiger charge is -2.12. The summed E-state index contributed by atoms with van der Waals surface area (Å²) in [5.74, 6) is -0.248. The van der Waals surface area contributed by atoms with Gasteiger partial charge in [-0.3, -0.25) is 9.59 Å². The zero-order chi connectivity index (χ0) is 20.4. The molecule has 1 aromatic heterocycles. The van der Waals surface area contributed by atoms with Crippen LogP contribution in [0.25, 0.3) is 0 Å². The summed E-state index contributed by atoms with van der Waals surface area (Å²) in [6.07, 6.45) is 2.41. The third-order valence-corrected chi connectivity index (χ3v) is 6.92. The Balaban J connectivity index is 1.51. The summed E-state index contributed by atoms with van der Waals surface area (Å²) in [5, 5.41) is 3.50. The van der Waals surface area contributed by atoms with Gasteiger partial charge in [0, 0.05) is 17.2 Å². The standard InChI is InChI=1S/C24H24N2O2S/c1-15(16-7-3-2-4-8-16)21-14-20(23(25)28)24(29-21)26-22(27)13-18-12-11-17-9-5-6-10-19(17)18/h2-10,14-15,18H,11-13H2,1H3,(H2,25,28)(H,26,27). The number of rotatable bonds is 6. The Hall–Kier alpha value is -2.92. The van der Waals surface area contributed by atoms with E-state index in [0.717, 1.165) is 23.3 Å². The molecule has 4 rings (SSSR count). The average molecular weight is 405 g/mol. The highest BCUT2D eigenvalue weighted by Crippen LogP contribution is 2.38. The Labute approximate surface area is 174 Å². The first-order chi connectivity index (χ1) is 14.0. The van der Waals surface area contributed by atoms with Crippen LogP contribution in [-0.2, 0) is 11.2 Å². The van der Waals surface area contributed by atoms with E-state index < -0.39 is 5.91 Å². The number of nitrogens with two attached hydrogens (primary N) is 1. The van der Waals surface area contributed by atoms with Gasteiger partial charge in [-0.2, -0.15) is 0 Å². The van der Waals surface area contributed by atoms with Gasteiger partial charge in [-0.1, -0.05) is 61.5 Å². The molecule has 2 atom stereocenters. The Morgan fingerprint density at radius 2 is 1.86 bits per heavy atom. The zero-order valence-electron chi connectivity index (χ0n) is 16.4. The van der Waals surface area contributed by atoms with Crippen LogP contribution < -0.4 is 11.1 Å². The fourth-order valence-corrected chi connectivity index (χ4v) is 5.22. The fraction of sp³-hybridized carbons (Fsp3) is 0.250. The predicted octanol–water partition coefficient (Wildman–Crippen LogP) is 5.06. The molecule has 0 radical (unpaired) electrons. The van der Waals surface area contributed by atoms with Gasteiger partial charge in [0.05, 0.1) is 5.56 Å². The lowest BCUT2D eigenvalue weighted by molar-refractivity contribution is -0.116. The molecule has 148 valence electrons. The minimum absolute atomic E-state index is 0.0741. The van der Waals surface area contributed by atoms with Crippen LogP contribution in [0.15, 0.2) is 60.7 Å². The van der Waals surface area contributed by atoms with E-state index in [-0.39, 0.29) is 17.7 Å². The number of benzene rings is 2. The van der Waals surface area contributed by atoms with E-state index in [1.807, 2.05) is 36.4 Å². The van der Waals surface area contributed by atoms with E-state index in [4.69, 9.17) is 5.73 Å². The van der Waals surface area contributed by atoms with Gasteiger partial charge in [0.25, 0.3) is 5.91 Å². The van der Waals surface area contributed by atoms with Gasteiger partial charge in [0.1, 0.15) is 5.00 Å². The molecule has 3 aromatic rings. The molecular formula is C24H24N2O2S. The molecule has 0 saturated carbocycles. The first kappa shape index (κ1) is 19.4. The van der Waals surface area contributed by atoms with E-state index >= 15 is 0 Å². The lowest BCUT2D eigenvalue weighted by atomic mass is 9.97. The van der Waals surface area contributed by atoms with Crippen LogP contribution in [0.1, 0.15) is 63.5 Å². The van der Waals surface area contributed by atoms with E-state index in [9.17, 15) is 9.59 Å². The third kappa shape index (κ3) is 4.10. The first-order valence-corrected chi connectivity index (χ1v) is 10.7. The van der Waals surface area contributed by atoms with Crippen molar-refractivity contribution in [3.8, 4) is 0 Å². The van der Waals surface area contributed by atoms with E-state index in [1.165, 1.54) is 22.5 Å². The summed E-state index contributed by atoms with van der Waals surface area (Å²) in [5.41, 5.74) is 9.72. The maximum absolute atomic E-state index is 12.7. The van der Waals surface area contributed by atoms with Crippen LogP contribution >= 0.6 is 11.3 Å². The van der Waals surface area contributed by atoms with Crippen molar-refractivity contribution in [3.05, 3.63) is 87.8 Å². The molecular weight excluding hydrogens is 380 g/mol. The SMILES string of the molecule is CC(c1ccccc1)c1cc(C(N)=O)c(NC(=O)CC2CCc3ccccc32)s1. The third-order valence-electron chi connectivity index (χ3n) is 5.68. The second-order valence-corrected chi connectivity index (χ2v) is 8.66. The number of primary amides is 1. The van der Waals surface area contributed by atoms with Crippen molar-refractivity contribution in [1.29, 1.82) is 0 Å². The van der Waals surface area contributed by atoms with Crippen molar-refractivity contribution >= 4 is 28.2 Å². The lowest BCUT2D eigenvalue weighted by Crippen LogP contribution is -2.17. The summed E-state index contributed by atoms with van der Waals surface area (Å²) in [7, 11) is 0. The van der Waals surface area contributed by atoms with Crippen LogP contribution in [0.4, 0.5) is 5.00 Å². The largest absolute Gasteiger partial charge is 0.366 e. The zero-order valence-corrected chi connectivity index (χ0v) is 17.2. The number of aryl methyl sites for hydroxylation is 1. The van der Waals surface area contributed by atoms with Gasteiger partial charge in [-0.25, -0.2) is 0 Å². The molecule has 0 saturated heterocycles. The molecule has 5 heteroatoms. The highest BCUT2D eigenvalue weighted by Gasteiger charge is 2.25. The fourth-order valence-electron chi connectivity index (χ4n) is 4.06. The van der Waals surface area contributed by atoms with Crippen LogP contribution in [-0.4, -0.2) is 11.8 Å². The number of nitrogens with one attached hydrogen (secondary N) is 1. The number of carbonyl (C=O) groups is 2. The number of carbonyl (C=O) groups excluding carboxylic acids is 2. The van der Waals surface area contributed by atoms with Gasteiger partial charge < -0.3 is 11.1 Å². The Morgan fingerprint density at radius 3 is 2.62 bits per heavy atom. The van der Waals surface area contributed by atoms with Crippen molar-refractivity contribution in [2.45, 2.75) is 38.0 Å². The van der Waals surface area contributed by atoms with Crippen molar-refractivity contribution in [1.82, 2.24) is 0 Å². The van der Waals surface area contributed by atoms with Crippen molar-refractivity contribution in [2.75, 3.05) is 5.32 Å². The molecule has 0 spiro atoms. The molecule has 1 aliphatic carbocycles. The molecule has 0 bridgehead atoms. The Bertz CT molecular complexity index is 1040. The number of thiophene rings is 1. The molecule has 0 aliphatic heterocycles. The minimum Gasteiger partial charge on any atom is -0.366 e. The maximum atomic E-state index is 12.7. The van der Waals surface area contributed by atoms with Crippen molar-refractivity contribution in [3.63, 3.8) is 0 Å². The topological polar surface area (TPSA) is 72.2 Å². The Morgan fingerprint density at radius 1 is 1.14 bits per heavy atom. The van der Waals surface area contributed by atoms with Crippen LogP contribution in [0.5, 0.6) is 0 Å². The average Bonchev–Trinajstić information content (AvgIpc) is 3.33. The highest BCUT2D eigenvalue weighted by atomic mass is 32.1. The number of hydrogen-bond acceptors (Lipinski definition) is 3. The molecule has 1 aliphatic rings. The predicted molar refractivity (Wildman–Crippen MR) is 118 cm³/mol. The monoisotopic (exact) mass is 404 g/mol. The second kappa shape index (κ2) is 8.21. The van der Waals surface area contributed by atoms with Gasteiger partial charge in [0.2, 0.25) is 5.91 Å².